The molecule has 1 N–H and O–H groups in total. The predicted octanol–water partition coefficient (Wildman–Crippen LogP) is 2.19. The number of hydrogen-bond acceptors (Lipinski definition) is 7. The minimum Gasteiger partial charge on any atom is -0.482 e. The van der Waals surface area contributed by atoms with Gasteiger partial charge in [0.05, 0.1) is 10.6 Å². The molecule has 0 fully saturated rings. The van der Waals surface area contributed by atoms with Crippen molar-refractivity contribution in [2.24, 2.45) is 5.41 Å². The second-order valence-corrected chi connectivity index (χ2v) is 9.01. The minimum absolute atomic E-state index is 0.000152. The van der Waals surface area contributed by atoms with E-state index >= 15 is 0 Å². The Balaban J connectivity index is 1.98. The zero-order valence-electron chi connectivity index (χ0n) is 17.8. The number of esters is 1. The van der Waals surface area contributed by atoms with E-state index in [2.05, 4.69) is 26.1 Å². The predicted molar refractivity (Wildman–Crippen MR) is 108 cm³/mol. The third kappa shape index (κ3) is 6.43. The van der Waals surface area contributed by atoms with Crippen molar-refractivity contribution in [3.8, 4) is 5.75 Å². The highest BCUT2D eigenvalue weighted by Crippen LogP contribution is 2.35. The molecule has 10 nitrogen and oxygen atoms in total. The molecule has 1 aliphatic heterocycles. The molecule has 164 valence electrons. The molecule has 1 aromatic carbocycles. The van der Waals surface area contributed by atoms with E-state index in [-0.39, 0.29) is 29.1 Å². The van der Waals surface area contributed by atoms with Crippen molar-refractivity contribution in [1.82, 2.24) is 5.32 Å². The fourth-order valence-corrected chi connectivity index (χ4v) is 3.58. The van der Waals surface area contributed by atoms with Crippen molar-refractivity contribution < 1.29 is 28.8 Å². The van der Waals surface area contributed by atoms with E-state index in [0.717, 1.165) is 17.4 Å². The first-order chi connectivity index (χ1) is 13.8. The van der Waals surface area contributed by atoms with Crippen molar-refractivity contribution in [2.75, 3.05) is 24.7 Å². The molecular formula is C20H27N3O7. The molecule has 30 heavy (non-hydrogen) atoms. The molecule has 1 aromatic rings. The maximum absolute atomic E-state index is 12.2. The van der Waals surface area contributed by atoms with Crippen LogP contribution in [0, 0.1) is 15.5 Å². The summed E-state index contributed by atoms with van der Waals surface area (Å²) in [5.41, 5.74) is -0.626. The largest absolute Gasteiger partial charge is 0.482 e. The number of benzene rings is 1. The van der Waals surface area contributed by atoms with Crippen LogP contribution in [0.15, 0.2) is 18.2 Å². The number of non-ortho nitro benzene ring substituents is 1. The number of hydrogen-bond donors (Lipinski definition) is 1. The summed E-state index contributed by atoms with van der Waals surface area (Å²) in [5, 5.41) is 13.8. The Morgan fingerprint density at radius 3 is 2.53 bits per heavy atom. The standard InChI is InChI=1S/C20H27N3O7/c1-19(2,3)12-20(4,5)21-16(24)10-30-18(26)9-22-14-8-13(23(27)28)6-7-15(14)29-11-17(22)25/h6-8H,9-12H2,1-5H3,(H,21,24). The van der Waals surface area contributed by atoms with Crippen LogP contribution in [0.1, 0.15) is 41.0 Å². The molecule has 2 rings (SSSR count). The average Bonchev–Trinajstić information content (AvgIpc) is 2.59. The number of fused-ring (bicyclic) bond motifs is 1. The Bertz CT molecular complexity index is 858. The highest BCUT2D eigenvalue weighted by Gasteiger charge is 2.30. The number of nitro groups is 1. The zero-order chi connectivity index (χ0) is 22.7. The number of carbonyl (C=O) groups is 3. The molecule has 2 amide bonds. The van der Waals surface area contributed by atoms with E-state index in [0.29, 0.717) is 0 Å². The van der Waals surface area contributed by atoms with Gasteiger partial charge in [-0.1, -0.05) is 20.8 Å². The summed E-state index contributed by atoms with van der Waals surface area (Å²) in [6.07, 6.45) is 0.720. The van der Waals surface area contributed by atoms with Crippen LogP contribution in [-0.2, 0) is 19.1 Å². The Kier molecular flexibility index (Phi) is 6.69. The van der Waals surface area contributed by atoms with Crippen LogP contribution in [0.3, 0.4) is 0 Å². The van der Waals surface area contributed by atoms with Gasteiger partial charge in [-0.05, 0) is 31.7 Å². The van der Waals surface area contributed by atoms with Crippen LogP contribution in [0.5, 0.6) is 5.75 Å². The zero-order valence-corrected chi connectivity index (χ0v) is 17.8. The van der Waals surface area contributed by atoms with Gasteiger partial charge in [-0.3, -0.25) is 29.4 Å². The molecule has 0 saturated carbocycles. The second kappa shape index (κ2) is 8.68. The third-order valence-electron chi connectivity index (χ3n) is 4.20. The Labute approximate surface area is 174 Å². The first-order valence-electron chi connectivity index (χ1n) is 9.46. The van der Waals surface area contributed by atoms with E-state index in [4.69, 9.17) is 9.47 Å². The van der Waals surface area contributed by atoms with Crippen molar-refractivity contribution in [3.63, 3.8) is 0 Å². The summed E-state index contributed by atoms with van der Waals surface area (Å²) in [5.74, 6) is -1.57. The molecule has 10 heteroatoms. The lowest BCUT2D eigenvalue weighted by Gasteiger charge is -2.33. The van der Waals surface area contributed by atoms with Crippen LogP contribution < -0.4 is 15.0 Å². The average molecular weight is 421 g/mol. The minimum atomic E-state index is -0.813. The molecule has 1 heterocycles. The quantitative estimate of drug-likeness (QED) is 0.406. The van der Waals surface area contributed by atoms with E-state index in [1.54, 1.807) is 0 Å². The van der Waals surface area contributed by atoms with Crippen molar-refractivity contribution in [2.45, 2.75) is 46.6 Å². The Hall–Kier alpha value is -3.17. The van der Waals surface area contributed by atoms with Crippen LogP contribution >= 0.6 is 0 Å². The summed E-state index contributed by atoms with van der Waals surface area (Å²) in [6.45, 7) is 8.65. The summed E-state index contributed by atoms with van der Waals surface area (Å²) in [4.78, 5) is 48.0. The summed E-state index contributed by atoms with van der Waals surface area (Å²) in [7, 11) is 0. The maximum atomic E-state index is 12.2. The van der Waals surface area contributed by atoms with Gasteiger partial charge in [-0.25, -0.2) is 0 Å². The molecule has 0 bridgehead atoms. The lowest BCUT2D eigenvalue weighted by Crippen LogP contribution is -2.48. The SMILES string of the molecule is CC(C)(C)CC(C)(C)NC(=O)COC(=O)CN1C(=O)COc2ccc([N+](=O)[O-])cc21. The number of rotatable bonds is 7. The molecular weight excluding hydrogens is 394 g/mol. The van der Waals surface area contributed by atoms with E-state index in [1.807, 2.05) is 13.8 Å². The second-order valence-electron chi connectivity index (χ2n) is 9.01. The third-order valence-corrected chi connectivity index (χ3v) is 4.20. The van der Waals surface area contributed by atoms with E-state index in [9.17, 15) is 24.5 Å². The van der Waals surface area contributed by atoms with Gasteiger partial charge in [0.2, 0.25) is 0 Å². The van der Waals surface area contributed by atoms with Gasteiger partial charge in [-0.15, -0.1) is 0 Å². The van der Waals surface area contributed by atoms with Gasteiger partial charge in [0.25, 0.3) is 17.5 Å². The van der Waals surface area contributed by atoms with Crippen molar-refractivity contribution in [3.05, 3.63) is 28.3 Å². The summed E-state index contributed by atoms with van der Waals surface area (Å²) >= 11 is 0. The highest BCUT2D eigenvalue weighted by atomic mass is 16.6. The number of carbonyl (C=O) groups excluding carboxylic acids is 3. The van der Waals surface area contributed by atoms with Gasteiger partial charge < -0.3 is 14.8 Å². The van der Waals surface area contributed by atoms with Gasteiger partial charge >= 0.3 is 5.97 Å². The molecule has 0 spiro atoms. The van der Waals surface area contributed by atoms with Crippen LogP contribution in [-0.4, -0.2) is 48.0 Å². The number of nitrogens with zero attached hydrogens (tertiary/aromatic N) is 2. The highest BCUT2D eigenvalue weighted by molar-refractivity contribution is 6.01. The molecule has 0 aromatic heterocycles. The van der Waals surface area contributed by atoms with Crippen molar-refractivity contribution >= 4 is 29.2 Å². The summed E-state index contributed by atoms with van der Waals surface area (Å²) in [6, 6.07) is 3.76. The number of nitro benzene ring substituents is 1. The monoisotopic (exact) mass is 421 g/mol. The van der Waals surface area contributed by atoms with Gasteiger partial charge in [0.1, 0.15) is 12.3 Å². The molecule has 0 aliphatic carbocycles. The molecule has 0 atom stereocenters. The topological polar surface area (TPSA) is 128 Å². The fourth-order valence-electron chi connectivity index (χ4n) is 3.58. The fraction of sp³-hybridized carbons (Fsp3) is 0.550. The number of ether oxygens (including phenoxy) is 2. The van der Waals surface area contributed by atoms with Gasteiger partial charge in [-0.2, -0.15) is 0 Å². The lowest BCUT2D eigenvalue weighted by atomic mass is 9.82. The molecule has 0 radical (unpaired) electrons. The normalized spacial score (nSPS) is 13.9. The maximum Gasteiger partial charge on any atom is 0.326 e. The smallest absolute Gasteiger partial charge is 0.326 e. The van der Waals surface area contributed by atoms with Gasteiger partial charge in [0, 0.05) is 17.7 Å². The van der Waals surface area contributed by atoms with E-state index in [1.165, 1.54) is 12.1 Å². The Morgan fingerprint density at radius 2 is 1.93 bits per heavy atom. The van der Waals surface area contributed by atoms with Crippen LogP contribution in [0.4, 0.5) is 11.4 Å². The Morgan fingerprint density at radius 1 is 1.27 bits per heavy atom. The summed E-state index contributed by atoms with van der Waals surface area (Å²) < 4.78 is 10.2. The number of amides is 2. The first kappa shape index (κ1) is 23.1. The molecule has 1 aliphatic rings. The van der Waals surface area contributed by atoms with Crippen LogP contribution in [0.25, 0.3) is 0 Å². The molecule has 0 unspecified atom stereocenters. The number of anilines is 1. The first-order valence-corrected chi connectivity index (χ1v) is 9.46. The lowest BCUT2D eigenvalue weighted by molar-refractivity contribution is -0.384. The number of nitrogens with one attached hydrogen (secondary N) is 1. The van der Waals surface area contributed by atoms with Crippen molar-refractivity contribution in [1.29, 1.82) is 0 Å². The molecule has 0 saturated heterocycles. The van der Waals surface area contributed by atoms with Crippen LogP contribution in [0.2, 0.25) is 0 Å². The van der Waals surface area contributed by atoms with E-state index < -0.39 is 41.4 Å². The van der Waals surface area contributed by atoms with Gasteiger partial charge in [0.15, 0.2) is 13.2 Å².